The van der Waals surface area contributed by atoms with Gasteiger partial charge in [-0.3, -0.25) is 4.90 Å². The molecule has 1 atom stereocenters. The lowest BCUT2D eigenvalue weighted by atomic mass is 10.0. The van der Waals surface area contributed by atoms with Gasteiger partial charge in [-0.05, 0) is 78.6 Å². The Hall–Kier alpha value is -3.50. The summed E-state index contributed by atoms with van der Waals surface area (Å²) in [5, 5.41) is 3.03. The number of hydrogen-bond donors (Lipinski definition) is 1. The summed E-state index contributed by atoms with van der Waals surface area (Å²) in [6.45, 7) is 21.5. The summed E-state index contributed by atoms with van der Waals surface area (Å²) in [4.78, 5) is 22.0. The van der Waals surface area contributed by atoms with Gasteiger partial charge in [0.05, 0.1) is 11.7 Å². The summed E-state index contributed by atoms with van der Waals surface area (Å²) >= 11 is 0. The first-order valence-corrected chi connectivity index (χ1v) is 14.5. The lowest BCUT2D eigenvalue weighted by molar-refractivity contribution is 0.217. The number of hydrogen-bond acceptors (Lipinski definition) is 7. The highest BCUT2D eigenvalue weighted by Gasteiger charge is 2.22. The van der Waals surface area contributed by atoms with Crippen molar-refractivity contribution in [1.29, 1.82) is 0 Å². The van der Waals surface area contributed by atoms with E-state index < -0.39 is 11.6 Å². The standard InChI is InChI=1S/C31H42F2N8/c1-8-26(40-14-10-13-39(9-2)15-16-40)21(5)11-12-28(34-7)37-31-35-19-25(33)29(38-31)23-17-24(32)30-27(18-23)41(20(3)4)22(6)36-30/h11-12,17-20,26H,7-10,13-16H2,1-6H3,(H,35,37,38)/b21-11+,28-12+. The number of aryl methyl sites for hydroxylation is 1. The lowest BCUT2D eigenvalue weighted by Gasteiger charge is -2.30. The van der Waals surface area contributed by atoms with E-state index >= 15 is 4.39 Å². The van der Waals surface area contributed by atoms with E-state index in [4.69, 9.17) is 0 Å². The summed E-state index contributed by atoms with van der Waals surface area (Å²) in [6.07, 6.45) is 7.12. The van der Waals surface area contributed by atoms with Crippen molar-refractivity contribution in [3.05, 3.63) is 59.3 Å². The molecule has 1 unspecified atom stereocenters. The number of benzene rings is 1. The molecule has 3 aromatic rings. The van der Waals surface area contributed by atoms with Crippen LogP contribution in [0.2, 0.25) is 0 Å². The Morgan fingerprint density at radius 2 is 1.88 bits per heavy atom. The van der Waals surface area contributed by atoms with Crippen LogP contribution in [-0.2, 0) is 0 Å². The van der Waals surface area contributed by atoms with E-state index in [0.29, 0.717) is 28.8 Å². The predicted molar refractivity (Wildman–Crippen MR) is 163 cm³/mol. The van der Waals surface area contributed by atoms with Gasteiger partial charge < -0.3 is 14.8 Å². The van der Waals surface area contributed by atoms with E-state index in [2.05, 4.69) is 62.5 Å². The number of fused-ring (bicyclic) bond motifs is 1. The van der Waals surface area contributed by atoms with Gasteiger partial charge in [0.1, 0.15) is 22.9 Å². The molecule has 4 rings (SSSR count). The number of nitrogens with zero attached hydrogens (tertiary/aromatic N) is 7. The number of imidazole rings is 1. The van der Waals surface area contributed by atoms with Crippen LogP contribution in [0, 0.1) is 18.6 Å². The molecule has 0 spiro atoms. The second kappa shape index (κ2) is 13.4. The van der Waals surface area contributed by atoms with Gasteiger partial charge in [0.15, 0.2) is 11.6 Å². The first kappa shape index (κ1) is 30.5. The normalized spacial score (nSPS) is 16.8. The summed E-state index contributed by atoms with van der Waals surface area (Å²) in [6, 6.07) is 3.37. The zero-order chi connectivity index (χ0) is 29.7. The Bertz CT molecular complexity index is 1440. The van der Waals surface area contributed by atoms with E-state index in [1.54, 1.807) is 6.07 Å². The van der Waals surface area contributed by atoms with Crippen LogP contribution in [-0.4, -0.2) is 74.8 Å². The highest BCUT2D eigenvalue weighted by Crippen LogP contribution is 2.30. The van der Waals surface area contributed by atoms with Crippen molar-refractivity contribution in [3.8, 4) is 11.3 Å². The third kappa shape index (κ3) is 6.87. The number of likely N-dealkylation sites (N-methyl/N-ethyl adjacent to an activating group) is 1. The number of halogens is 2. The van der Waals surface area contributed by atoms with Crippen LogP contribution in [0.15, 0.2) is 46.9 Å². The van der Waals surface area contributed by atoms with Crippen LogP contribution < -0.4 is 5.32 Å². The van der Waals surface area contributed by atoms with Crippen molar-refractivity contribution in [3.63, 3.8) is 0 Å². The van der Waals surface area contributed by atoms with Crippen LogP contribution in [0.1, 0.15) is 59.3 Å². The molecule has 1 fully saturated rings. The number of allylic oxidation sites excluding steroid dienone is 2. The quantitative estimate of drug-likeness (QED) is 0.228. The van der Waals surface area contributed by atoms with Crippen LogP contribution in [0.5, 0.6) is 0 Å². The lowest BCUT2D eigenvalue weighted by Crippen LogP contribution is -2.38. The van der Waals surface area contributed by atoms with Crippen molar-refractivity contribution in [2.75, 3.05) is 38.0 Å². The molecule has 3 heterocycles. The predicted octanol–water partition coefficient (Wildman–Crippen LogP) is 6.37. The van der Waals surface area contributed by atoms with Crippen LogP contribution in [0.3, 0.4) is 0 Å². The first-order valence-electron chi connectivity index (χ1n) is 14.5. The molecule has 0 saturated carbocycles. The molecule has 1 aliphatic rings. The summed E-state index contributed by atoms with van der Waals surface area (Å²) < 4.78 is 31.9. The van der Waals surface area contributed by atoms with Crippen molar-refractivity contribution in [2.45, 2.75) is 66.5 Å². The second-order valence-electron chi connectivity index (χ2n) is 10.8. The molecule has 1 saturated heterocycles. The fourth-order valence-corrected chi connectivity index (χ4v) is 5.74. The van der Waals surface area contributed by atoms with Gasteiger partial charge in [-0.25, -0.2) is 28.7 Å². The molecule has 0 bridgehead atoms. The van der Waals surface area contributed by atoms with Gasteiger partial charge in [0.25, 0.3) is 0 Å². The SMILES string of the molecule is C=N/C(=C\C=C(/C)C(CC)N1CCCN(CC)CC1)Nc1ncc(F)c(-c2cc(F)c3nc(C)n(C(C)C)c3c2)n1. The third-order valence-electron chi connectivity index (χ3n) is 7.80. The third-order valence-corrected chi connectivity index (χ3v) is 7.80. The smallest absolute Gasteiger partial charge is 0.229 e. The summed E-state index contributed by atoms with van der Waals surface area (Å²) in [5.41, 5.74) is 2.36. The zero-order valence-corrected chi connectivity index (χ0v) is 25.1. The topological polar surface area (TPSA) is 74.5 Å². The fraction of sp³-hybridized carbons (Fsp3) is 0.484. The van der Waals surface area contributed by atoms with Gasteiger partial charge in [0.2, 0.25) is 5.95 Å². The Balaban J connectivity index is 1.58. The summed E-state index contributed by atoms with van der Waals surface area (Å²) in [7, 11) is 0. The number of aromatic nitrogens is 4. The van der Waals surface area contributed by atoms with Crippen molar-refractivity contribution >= 4 is 23.7 Å². The molecule has 1 N–H and O–H groups in total. The minimum absolute atomic E-state index is 0.0130. The maximum Gasteiger partial charge on any atom is 0.229 e. The van der Waals surface area contributed by atoms with Gasteiger partial charge in [-0.2, -0.15) is 0 Å². The molecular weight excluding hydrogens is 522 g/mol. The van der Waals surface area contributed by atoms with E-state index in [9.17, 15) is 4.39 Å². The molecule has 0 aliphatic carbocycles. The van der Waals surface area contributed by atoms with E-state index in [1.807, 2.05) is 37.5 Å². The molecule has 8 nitrogen and oxygen atoms in total. The van der Waals surface area contributed by atoms with E-state index in [0.717, 1.165) is 51.8 Å². The zero-order valence-electron chi connectivity index (χ0n) is 25.1. The molecule has 10 heteroatoms. The minimum atomic E-state index is -0.653. The molecule has 1 aromatic carbocycles. The second-order valence-corrected chi connectivity index (χ2v) is 10.8. The van der Waals surface area contributed by atoms with Crippen LogP contribution in [0.25, 0.3) is 22.3 Å². The van der Waals surface area contributed by atoms with Crippen molar-refractivity contribution < 1.29 is 8.78 Å². The highest BCUT2D eigenvalue weighted by atomic mass is 19.1. The number of rotatable bonds is 10. The Morgan fingerprint density at radius 3 is 2.56 bits per heavy atom. The van der Waals surface area contributed by atoms with Crippen molar-refractivity contribution in [2.24, 2.45) is 4.99 Å². The Kier molecular flexibility index (Phi) is 9.99. The summed E-state index contributed by atoms with van der Waals surface area (Å²) in [5.74, 6) is 0.0771. The molecule has 0 radical (unpaired) electrons. The average molecular weight is 565 g/mol. The van der Waals surface area contributed by atoms with Crippen LogP contribution in [0.4, 0.5) is 14.7 Å². The molecule has 0 amide bonds. The molecule has 1 aliphatic heterocycles. The molecular formula is C31H42F2N8. The van der Waals surface area contributed by atoms with E-state index in [1.165, 1.54) is 11.6 Å². The molecule has 2 aromatic heterocycles. The molecule has 220 valence electrons. The first-order chi connectivity index (χ1) is 19.7. The molecule has 41 heavy (non-hydrogen) atoms. The number of anilines is 1. The van der Waals surface area contributed by atoms with Gasteiger partial charge in [-0.1, -0.05) is 25.5 Å². The maximum atomic E-state index is 15.0. The maximum absolute atomic E-state index is 15.0. The van der Waals surface area contributed by atoms with E-state index in [-0.39, 0.29) is 23.2 Å². The Labute approximate surface area is 241 Å². The minimum Gasteiger partial charge on any atom is -0.326 e. The monoisotopic (exact) mass is 564 g/mol. The van der Waals surface area contributed by atoms with Crippen molar-refractivity contribution in [1.82, 2.24) is 29.3 Å². The van der Waals surface area contributed by atoms with Crippen LogP contribution >= 0.6 is 0 Å². The fourth-order valence-electron chi connectivity index (χ4n) is 5.74. The van der Waals surface area contributed by atoms with Gasteiger partial charge in [0, 0.05) is 37.3 Å². The van der Waals surface area contributed by atoms with Gasteiger partial charge in [-0.15, -0.1) is 0 Å². The highest BCUT2D eigenvalue weighted by molar-refractivity contribution is 5.83. The largest absolute Gasteiger partial charge is 0.326 e. The average Bonchev–Trinajstić information content (AvgIpc) is 3.12. The number of nitrogens with one attached hydrogen (secondary N) is 1. The Morgan fingerprint density at radius 1 is 1.10 bits per heavy atom. The van der Waals surface area contributed by atoms with Gasteiger partial charge >= 0.3 is 0 Å². The number of aliphatic imine (C=N–C) groups is 1.